The molecule has 0 aromatic carbocycles. The van der Waals surface area contributed by atoms with Gasteiger partial charge in [0, 0.05) is 19.4 Å². The number of rotatable bonds is 3. The second-order valence-electron chi connectivity index (χ2n) is 4.06. The highest BCUT2D eigenvalue weighted by atomic mass is 16.5. The Labute approximate surface area is 90.1 Å². The van der Waals surface area contributed by atoms with Gasteiger partial charge < -0.3 is 9.84 Å². The van der Waals surface area contributed by atoms with Gasteiger partial charge in [-0.25, -0.2) is 0 Å². The predicted octanol–water partition coefficient (Wildman–Crippen LogP) is 1.93. The normalized spacial score (nSPS) is 20.1. The lowest BCUT2D eigenvalue weighted by Gasteiger charge is -2.23. The number of nitrogens with zero attached hydrogens (tertiary/aromatic N) is 1. The standard InChI is InChI=1S/C12H17NO2/c14-12(11-3-1-2-6-13-11)9-10-4-7-15-8-5-10/h1-3,6,10,12,14H,4-5,7-9H2. The van der Waals surface area contributed by atoms with Crippen LogP contribution in [0, 0.1) is 5.92 Å². The zero-order valence-electron chi connectivity index (χ0n) is 8.80. The van der Waals surface area contributed by atoms with Crippen LogP contribution >= 0.6 is 0 Å². The van der Waals surface area contributed by atoms with E-state index in [2.05, 4.69) is 4.98 Å². The summed E-state index contributed by atoms with van der Waals surface area (Å²) < 4.78 is 5.29. The second-order valence-corrected chi connectivity index (χ2v) is 4.06. The summed E-state index contributed by atoms with van der Waals surface area (Å²) in [5.74, 6) is 0.579. The smallest absolute Gasteiger partial charge is 0.0962 e. The zero-order valence-corrected chi connectivity index (χ0v) is 8.80. The molecule has 1 atom stereocenters. The van der Waals surface area contributed by atoms with Crippen molar-refractivity contribution in [2.75, 3.05) is 13.2 Å². The van der Waals surface area contributed by atoms with E-state index in [-0.39, 0.29) is 0 Å². The van der Waals surface area contributed by atoms with Gasteiger partial charge >= 0.3 is 0 Å². The van der Waals surface area contributed by atoms with Gasteiger partial charge in [-0.15, -0.1) is 0 Å². The topological polar surface area (TPSA) is 42.4 Å². The summed E-state index contributed by atoms with van der Waals surface area (Å²) in [6.45, 7) is 1.67. The predicted molar refractivity (Wildman–Crippen MR) is 57.4 cm³/mol. The second kappa shape index (κ2) is 5.24. The molecule has 0 amide bonds. The molecule has 2 heterocycles. The first kappa shape index (κ1) is 10.6. The number of ether oxygens (including phenoxy) is 1. The van der Waals surface area contributed by atoms with E-state index in [1.165, 1.54) is 0 Å². The minimum absolute atomic E-state index is 0.422. The van der Waals surface area contributed by atoms with Gasteiger partial charge in [-0.3, -0.25) is 4.98 Å². The minimum Gasteiger partial charge on any atom is -0.387 e. The van der Waals surface area contributed by atoms with E-state index < -0.39 is 6.10 Å². The highest BCUT2D eigenvalue weighted by Crippen LogP contribution is 2.26. The van der Waals surface area contributed by atoms with Crippen molar-refractivity contribution in [3.05, 3.63) is 30.1 Å². The van der Waals surface area contributed by atoms with Crippen molar-refractivity contribution >= 4 is 0 Å². The Kier molecular flexibility index (Phi) is 3.69. The van der Waals surface area contributed by atoms with Gasteiger partial charge in [0.25, 0.3) is 0 Å². The van der Waals surface area contributed by atoms with Crippen molar-refractivity contribution in [3.8, 4) is 0 Å². The molecule has 0 saturated carbocycles. The van der Waals surface area contributed by atoms with Crippen LogP contribution in [-0.2, 0) is 4.74 Å². The summed E-state index contributed by atoms with van der Waals surface area (Å²) in [5, 5.41) is 9.97. The van der Waals surface area contributed by atoms with Crippen LogP contribution in [0.2, 0.25) is 0 Å². The molecule has 15 heavy (non-hydrogen) atoms. The number of hydrogen-bond acceptors (Lipinski definition) is 3. The van der Waals surface area contributed by atoms with Crippen molar-refractivity contribution in [3.63, 3.8) is 0 Å². The number of pyridine rings is 1. The van der Waals surface area contributed by atoms with Crippen molar-refractivity contribution < 1.29 is 9.84 Å². The zero-order chi connectivity index (χ0) is 10.5. The van der Waals surface area contributed by atoms with Crippen LogP contribution in [0.3, 0.4) is 0 Å². The molecule has 3 nitrogen and oxygen atoms in total. The van der Waals surface area contributed by atoms with Crippen LogP contribution in [0.4, 0.5) is 0 Å². The fraction of sp³-hybridized carbons (Fsp3) is 0.583. The maximum absolute atomic E-state index is 9.97. The Bertz CT molecular complexity index is 283. The Balaban J connectivity index is 1.88. The van der Waals surface area contributed by atoms with Gasteiger partial charge in [-0.1, -0.05) is 6.07 Å². The molecule has 0 spiro atoms. The highest BCUT2D eigenvalue weighted by Gasteiger charge is 2.19. The Morgan fingerprint density at radius 3 is 2.87 bits per heavy atom. The molecule has 1 aliphatic heterocycles. The van der Waals surface area contributed by atoms with Crippen molar-refractivity contribution in [1.82, 2.24) is 4.98 Å². The first-order chi connectivity index (χ1) is 7.36. The molecular weight excluding hydrogens is 190 g/mol. The van der Waals surface area contributed by atoms with Gasteiger partial charge in [0.1, 0.15) is 0 Å². The van der Waals surface area contributed by atoms with Crippen LogP contribution in [0.1, 0.15) is 31.1 Å². The van der Waals surface area contributed by atoms with Crippen molar-refractivity contribution in [2.24, 2.45) is 5.92 Å². The molecule has 2 rings (SSSR count). The third-order valence-electron chi connectivity index (χ3n) is 2.93. The van der Waals surface area contributed by atoms with Crippen LogP contribution < -0.4 is 0 Å². The van der Waals surface area contributed by atoms with E-state index in [0.717, 1.165) is 38.2 Å². The summed E-state index contributed by atoms with van der Waals surface area (Å²) in [7, 11) is 0. The van der Waals surface area contributed by atoms with Crippen LogP contribution in [-0.4, -0.2) is 23.3 Å². The lowest BCUT2D eigenvalue weighted by Crippen LogP contribution is -2.18. The van der Waals surface area contributed by atoms with Crippen LogP contribution in [0.15, 0.2) is 24.4 Å². The molecule has 1 N–H and O–H groups in total. The summed E-state index contributed by atoms with van der Waals surface area (Å²) >= 11 is 0. The molecule has 82 valence electrons. The lowest BCUT2D eigenvalue weighted by atomic mass is 9.92. The quantitative estimate of drug-likeness (QED) is 0.823. The molecule has 1 unspecified atom stereocenters. The molecule has 0 radical (unpaired) electrons. The molecule has 1 fully saturated rings. The highest BCUT2D eigenvalue weighted by molar-refractivity contribution is 5.06. The van der Waals surface area contributed by atoms with Gasteiger partial charge in [-0.05, 0) is 37.3 Å². The molecule has 0 aliphatic carbocycles. The molecule has 1 aromatic heterocycles. The summed E-state index contributed by atoms with van der Waals surface area (Å²) in [6, 6.07) is 5.66. The van der Waals surface area contributed by atoms with E-state index >= 15 is 0 Å². The van der Waals surface area contributed by atoms with Gasteiger partial charge in [0.15, 0.2) is 0 Å². The summed E-state index contributed by atoms with van der Waals surface area (Å²) in [4.78, 5) is 4.16. The molecular formula is C12H17NO2. The van der Waals surface area contributed by atoms with E-state index in [0.29, 0.717) is 5.92 Å². The van der Waals surface area contributed by atoms with Gasteiger partial charge in [0.2, 0.25) is 0 Å². The molecule has 3 heteroatoms. The van der Waals surface area contributed by atoms with Crippen LogP contribution in [0.25, 0.3) is 0 Å². The third-order valence-corrected chi connectivity index (χ3v) is 2.93. The van der Waals surface area contributed by atoms with Crippen molar-refractivity contribution in [1.29, 1.82) is 0 Å². The first-order valence-corrected chi connectivity index (χ1v) is 5.53. The maximum atomic E-state index is 9.97. The number of aliphatic hydroxyl groups excluding tert-OH is 1. The molecule has 1 saturated heterocycles. The Hall–Kier alpha value is -0.930. The summed E-state index contributed by atoms with van der Waals surface area (Å²) in [5.41, 5.74) is 0.781. The maximum Gasteiger partial charge on any atom is 0.0962 e. The third kappa shape index (κ3) is 3.01. The Morgan fingerprint density at radius 1 is 1.40 bits per heavy atom. The fourth-order valence-electron chi connectivity index (χ4n) is 1.99. The number of aromatic nitrogens is 1. The van der Waals surface area contributed by atoms with Crippen LogP contribution in [0.5, 0.6) is 0 Å². The monoisotopic (exact) mass is 207 g/mol. The lowest BCUT2D eigenvalue weighted by molar-refractivity contribution is 0.0427. The molecule has 1 aliphatic rings. The van der Waals surface area contributed by atoms with Gasteiger partial charge in [-0.2, -0.15) is 0 Å². The number of hydrogen-bond donors (Lipinski definition) is 1. The fourth-order valence-corrected chi connectivity index (χ4v) is 1.99. The van der Waals surface area contributed by atoms with E-state index in [1.54, 1.807) is 6.20 Å². The largest absolute Gasteiger partial charge is 0.387 e. The average Bonchev–Trinajstić information content (AvgIpc) is 2.31. The molecule has 0 bridgehead atoms. The average molecular weight is 207 g/mol. The Morgan fingerprint density at radius 2 is 2.20 bits per heavy atom. The molecule has 1 aromatic rings. The van der Waals surface area contributed by atoms with Gasteiger partial charge in [0.05, 0.1) is 11.8 Å². The number of aliphatic hydroxyl groups is 1. The minimum atomic E-state index is -0.422. The SMILES string of the molecule is OC(CC1CCOCC1)c1ccccn1. The van der Waals surface area contributed by atoms with E-state index in [4.69, 9.17) is 4.74 Å². The first-order valence-electron chi connectivity index (χ1n) is 5.53. The summed E-state index contributed by atoms with van der Waals surface area (Å²) in [6.07, 6.45) is 4.23. The van der Waals surface area contributed by atoms with E-state index in [9.17, 15) is 5.11 Å². The van der Waals surface area contributed by atoms with E-state index in [1.807, 2.05) is 18.2 Å². The van der Waals surface area contributed by atoms with Crippen molar-refractivity contribution in [2.45, 2.75) is 25.4 Å².